The third-order valence-electron chi connectivity index (χ3n) is 5.64. The molecule has 1 aliphatic rings. The van der Waals surface area contributed by atoms with E-state index in [1.54, 1.807) is 17.2 Å². The second kappa shape index (κ2) is 9.24. The summed E-state index contributed by atoms with van der Waals surface area (Å²) in [6, 6.07) is 4.50. The molecule has 0 atom stereocenters. The number of hydrogen-bond donors (Lipinski definition) is 1. The number of hydrogen-bond acceptors (Lipinski definition) is 5. The number of benzene rings is 1. The van der Waals surface area contributed by atoms with Gasteiger partial charge < -0.3 is 14.6 Å². The van der Waals surface area contributed by atoms with E-state index in [2.05, 4.69) is 9.97 Å². The Kier molecular flexibility index (Phi) is 6.56. The van der Waals surface area contributed by atoms with Crippen LogP contribution in [0.1, 0.15) is 43.9 Å². The Morgan fingerprint density at radius 3 is 2.82 bits per heavy atom. The molecule has 0 amide bonds. The Bertz CT molecular complexity index is 1180. The number of aromatic nitrogens is 3. The molecule has 1 saturated heterocycles. The predicted octanol–water partition coefficient (Wildman–Crippen LogP) is 5.31. The van der Waals surface area contributed by atoms with Crippen molar-refractivity contribution in [3.63, 3.8) is 0 Å². The van der Waals surface area contributed by atoms with Gasteiger partial charge >= 0.3 is 5.97 Å². The minimum absolute atomic E-state index is 0.107. The molecule has 4 rings (SSSR count). The van der Waals surface area contributed by atoms with E-state index in [1.807, 2.05) is 24.6 Å². The van der Waals surface area contributed by atoms with Crippen molar-refractivity contribution in [1.82, 2.24) is 14.5 Å². The van der Waals surface area contributed by atoms with Gasteiger partial charge in [-0.05, 0) is 37.5 Å². The molecule has 0 aliphatic carbocycles. The standard InChI is InChI=1S/C23H25F3N4O2S/c1-14(2)30-11-19(29-7-3-6-23(25,26)13-29)21-18(30)10-27-22(28-21)33-12-15-4-5-17(24)16(8-15)9-20(31)32/h4-5,8,10-11,14H,3,6-7,9,12-13H2,1-2H3,(H,31,32). The van der Waals surface area contributed by atoms with Gasteiger partial charge in [0.15, 0.2) is 5.16 Å². The van der Waals surface area contributed by atoms with Crippen LogP contribution in [0.3, 0.4) is 0 Å². The number of carboxylic acid groups (broad SMARTS) is 1. The van der Waals surface area contributed by atoms with E-state index in [1.165, 1.54) is 23.9 Å². The zero-order chi connectivity index (χ0) is 23.8. The van der Waals surface area contributed by atoms with Crippen molar-refractivity contribution in [1.29, 1.82) is 0 Å². The summed E-state index contributed by atoms with van der Waals surface area (Å²) in [6.07, 6.45) is 3.50. The van der Waals surface area contributed by atoms with E-state index in [9.17, 15) is 18.0 Å². The first kappa shape index (κ1) is 23.4. The Balaban J connectivity index is 1.61. The van der Waals surface area contributed by atoms with Crippen molar-refractivity contribution in [2.45, 2.75) is 56.0 Å². The molecule has 2 aromatic heterocycles. The smallest absolute Gasteiger partial charge is 0.307 e. The van der Waals surface area contributed by atoms with Crippen LogP contribution in [0.15, 0.2) is 35.7 Å². The van der Waals surface area contributed by atoms with Crippen LogP contribution < -0.4 is 4.90 Å². The number of fused-ring (bicyclic) bond motifs is 1. The molecule has 1 N–H and O–H groups in total. The van der Waals surface area contributed by atoms with E-state index >= 15 is 0 Å². The summed E-state index contributed by atoms with van der Waals surface area (Å²) in [7, 11) is 0. The van der Waals surface area contributed by atoms with Gasteiger partial charge in [-0.3, -0.25) is 4.79 Å². The van der Waals surface area contributed by atoms with Crippen LogP contribution in [0.25, 0.3) is 11.0 Å². The molecule has 3 aromatic rings. The Morgan fingerprint density at radius 1 is 1.33 bits per heavy atom. The molecule has 1 aliphatic heterocycles. The van der Waals surface area contributed by atoms with Gasteiger partial charge in [0.05, 0.1) is 30.4 Å². The maximum absolute atomic E-state index is 14.1. The number of piperidine rings is 1. The Morgan fingerprint density at radius 2 is 2.12 bits per heavy atom. The number of aliphatic carboxylic acids is 1. The van der Waals surface area contributed by atoms with E-state index in [4.69, 9.17) is 5.11 Å². The lowest BCUT2D eigenvalue weighted by Crippen LogP contribution is -2.42. The average molecular weight is 479 g/mol. The third kappa shape index (κ3) is 5.26. The number of nitrogens with zero attached hydrogens (tertiary/aromatic N) is 4. The second-order valence-electron chi connectivity index (χ2n) is 8.57. The number of carboxylic acids is 1. The van der Waals surface area contributed by atoms with Crippen LogP contribution >= 0.6 is 11.8 Å². The monoisotopic (exact) mass is 478 g/mol. The molecular formula is C23H25F3N4O2S. The lowest BCUT2D eigenvalue weighted by Gasteiger charge is -2.33. The first-order chi connectivity index (χ1) is 15.6. The molecule has 1 fully saturated rings. The number of alkyl halides is 2. The quantitative estimate of drug-likeness (QED) is 0.367. The van der Waals surface area contributed by atoms with Crippen molar-refractivity contribution >= 4 is 34.5 Å². The van der Waals surface area contributed by atoms with E-state index in [-0.39, 0.29) is 31.0 Å². The van der Waals surface area contributed by atoms with E-state index in [0.717, 1.165) is 11.1 Å². The summed E-state index contributed by atoms with van der Waals surface area (Å²) in [6.45, 7) is 4.24. The summed E-state index contributed by atoms with van der Waals surface area (Å²) in [5, 5.41) is 9.42. The average Bonchev–Trinajstić information content (AvgIpc) is 3.12. The molecule has 6 nitrogen and oxygen atoms in total. The molecule has 176 valence electrons. The maximum atomic E-state index is 14.1. The fourth-order valence-electron chi connectivity index (χ4n) is 4.06. The van der Waals surface area contributed by atoms with E-state index in [0.29, 0.717) is 35.1 Å². The first-order valence-corrected chi connectivity index (χ1v) is 11.7. The minimum Gasteiger partial charge on any atom is -0.481 e. The normalized spacial score (nSPS) is 16.0. The van der Waals surface area contributed by atoms with Gasteiger partial charge in [0, 0.05) is 31.0 Å². The molecule has 10 heteroatoms. The molecular weight excluding hydrogens is 453 g/mol. The highest BCUT2D eigenvalue weighted by molar-refractivity contribution is 7.98. The topological polar surface area (TPSA) is 71.2 Å². The first-order valence-electron chi connectivity index (χ1n) is 10.8. The minimum atomic E-state index is -2.73. The van der Waals surface area contributed by atoms with Gasteiger partial charge in [-0.15, -0.1) is 0 Å². The van der Waals surface area contributed by atoms with Gasteiger partial charge in [0.25, 0.3) is 5.92 Å². The van der Waals surface area contributed by atoms with Crippen molar-refractivity contribution < 1.29 is 23.1 Å². The van der Waals surface area contributed by atoms with Crippen molar-refractivity contribution in [2.75, 3.05) is 18.0 Å². The lowest BCUT2D eigenvalue weighted by atomic mass is 10.1. The van der Waals surface area contributed by atoms with Crippen LogP contribution in [0.2, 0.25) is 0 Å². The summed E-state index contributed by atoms with van der Waals surface area (Å²) in [5.74, 6) is -3.97. The van der Waals surface area contributed by atoms with Crippen molar-refractivity contribution in [3.8, 4) is 0 Å². The number of carbonyl (C=O) groups is 1. The van der Waals surface area contributed by atoms with Gasteiger partial charge in [-0.25, -0.2) is 23.1 Å². The fraction of sp³-hybridized carbons (Fsp3) is 0.435. The van der Waals surface area contributed by atoms with Gasteiger partial charge in [0.1, 0.15) is 11.3 Å². The zero-order valence-corrected chi connectivity index (χ0v) is 19.2. The molecule has 3 heterocycles. The molecule has 0 unspecified atom stereocenters. The molecule has 0 spiro atoms. The Labute approximate surface area is 193 Å². The van der Waals surface area contributed by atoms with Gasteiger partial charge in [0.2, 0.25) is 0 Å². The SMILES string of the molecule is CC(C)n1cc(N2CCCC(F)(F)C2)c2nc(SCc3ccc(F)c(CC(=O)O)c3)ncc21. The second-order valence-corrected chi connectivity index (χ2v) is 9.51. The van der Waals surface area contributed by atoms with Gasteiger partial charge in [-0.2, -0.15) is 0 Å². The highest BCUT2D eigenvalue weighted by Gasteiger charge is 2.36. The predicted molar refractivity (Wildman–Crippen MR) is 122 cm³/mol. The Hall–Kier alpha value is -2.75. The van der Waals surface area contributed by atoms with Crippen molar-refractivity contribution in [2.24, 2.45) is 0 Å². The van der Waals surface area contributed by atoms with Crippen LogP contribution in [-0.4, -0.2) is 44.6 Å². The molecule has 0 bridgehead atoms. The number of anilines is 1. The summed E-state index contributed by atoms with van der Waals surface area (Å²) in [4.78, 5) is 21.8. The highest BCUT2D eigenvalue weighted by atomic mass is 32.2. The lowest BCUT2D eigenvalue weighted by molar-refractivity contribution is -0.136. The number of thioether (sulfide) groups is 1. The van der Waals surface area contributed by atoms with Crippen LogP contribution in [0, 0.1) is 5.82 Å². The summed E-state index contributed by atoms with van der Waals surface area (Å²) in [5.41, 5.74) is 2.96. The van der Waals surface area contributed by atoms with Crippen molar-refractivity contribution in [3.05, 3.63) is 47.5 Å². The zero-order valence-electron chi connectivity index (χ0n) is 18.4. The summed E-state index contributed by atoms with van der Waals surface area (Å²) < 4.78 is 44.0. The maximum Gasteiger partial charge on any atom is 0.307 e. The molecule has 0 saturated carbocycles. The highest BCUT2D eigenvalue weighted by Crippen LogP contribution is 2.36. The molecule has 0 radical (unpaired) electrons. The molecule has 1 aromatic carbocycles. The van der Waals surface area contributed by atoms with Crippen LogP contribution in [0.5, 0.6) is 0 Å². The number of rotatable bonds is 7. The summed E-state index contributed by atoms with van der Waals surface area (Å²) >= 11 is 1.33. The van der Waals surface area contributed by atoms with Crippen LogP contribution in [-0.2, 0) is 17.0 Å². The van der Waals surface area contributed by atoms with Crippen LogP contribution in [0.4, 0.5) is 18.9 Å². The van der Waals surface area contributed by atoms with E-state index < -0.39 is 17.7 Å². The van der Waals surface area contributed by atoms with Gasteiger partial charge in [-0.1, -0.05) is 23.9 Å². The molecule has 33 heavy (non-hydrogen) atoms. The fourth-order valence-corrected chi connectivity index (χ4v) is 4.82. The number of halogens is 3. The largest absolute Gasteiger partial charge is 0.481 e. The third-order valence-corrected chi connectivity index (χ3v) is 6.57.